The number of carbonyl (C=O) groups excluding carboxylic acids is 2. The molecule has 0 bridgehead atoms. The summed E-state index contributed by atoms with van der Waals surface area (Å²) in [7, 11) is 0. The minimum Gasteiger partial charge on any atom is -0.490 e. The maximum atomic E-state index is 13.6. The van der Waals surface area contributed by atoms with Crippen LogP contribution >= 0.6 is 11.6 Å². The average Bonchev–Trinajstić information content (AvgIpc) is 2.80. The molecule has 0 saturated heterocycles. The first kappa shape index (κ1) is 27.1. The summed E-state index contributed by atoms with van der Waals surface area (Å²) in [6, 6.07) is 8.39. The van der Waals surface area contributed by atoms with Crippen LogP contribution in [0.2, 0.25) is 5.02 Å². The van der Waals surface area contributed by atoms with E-state index in [1.54, 1.807) is 24.3 Å². The van der Waals surface area contributed by atoms with Crippen LogP contribution < -0.4 is 15.4 Å². The minimum absolute atomic E-state index is 0.0290. The second kappa shape index (κ2) is 12.5. The van der Waals surface area contributed by atoms with E-state index in [9.17, 15) is 28.3 Å². The molecule has 1 aliphatic rings. The molecule has 1 heterocycles. The number of ether oxygens (including phenoxy) is 1. The number of rotatable bonds is 12. The summed E-state index contributed by atoms with van der Waals surface area (Å²) in [5.41, 5.74) is 0.896. The van der Waals surface area contributed by atoms with E-state index in [1.807, 2.05) is 0 Å². The Balaban J connectivity index is 1.50. The fourth-order valence-corrected chi connectivity index (χ4v) is 4.07. The normalized spacial score (nSPS) is 15.6. The number of carbonyl (C=O) groups is 3. The van der Waals surface area contributed by atoms with E-state index in [1.165, 1.54) is 11.8 Å². The molecule has 2 aromatic rings. The summed E-state index contributed by atoms with van der Waals surface area (Å²) in [6.45, 7) is 2.13. The van der Waals surface area contributed by atoms with E-state index in [4.69, 9.17) is 16.3 Å². The van der Waals surface area contributed by atoms with Crippen LogP contribution in [0.4, 0.5) is 13.6 Å². The molecule has 0 saturated carbocycles. The Labute approximate surface area is 211 Å². The first-order chi connectivity index (χ1) is 17.2. The van der Waals surface area contributed by atoms with Gasteiger partial charge in [0, 0.05) is 29.8 Å². The lowest BCUT2D eigenvalue weighted by molar-refractivity contribution is -0.133. The van der Waals surface area contributed by atoms with E-state index in [2.05, 4.69) is 10.6 Å². The van der Waals surface area contributed by atoms with E-state index >= 15 is 0 Å². The van der Waals surface area contributed by atoms with Crippen molar-refractivity contribution in [1.82, 2.24) is 15.5 Å². The predicted octanol–water partition coefficient (Wildman–Crippen LogP) is 4.06. The first-order valence-corrected chi connectivity index (χ1v) is 11.6. The molecule has 3 N–H and O–H groups in total. The number of carboxylic acid groups (broad SMARTS) is 1. The summed E-state index contributed by atoms with van der Waals surface area (Å²) < 4.78 is 31.6. The molecular formula is C25H26ClF2N3O5. The van der Waals surface area contributed by atoms with Crippen LogP contribution in [0.5, 0.6) is 5.75 Å². The maximum absolute atomic E-state index is 13.6. The summed E-state index contributed by atoms with van der Waals surface area (Å²) in [6.07, 6.45) is 0.474. The van der Waals surface area contributed by atoms with Crippen LogP contribution in [0.25, 0.3) is 0 Å². The molecular weight excluding hydrogens is 496 g/mol. The van der Waals surface area contributed by atoms with Crippen LogP contribution in [-0.2, 0) is 9.59 Å². The standard InChI is InChI=1S/C25H26ClF2N3O5/c1-15-22(24(33)34)23(16-4-2-5-17(26)12-16)31(25(35)30-15)10-3-9-29-14-19(32)8-11-36-21-7-6-18(27)13-20(21)28/h2,4-7,12-13,23,29H,3,8-11,14H2,1H3,(H,30,35)(H,33,34). The number of benzene rings is 2. The Morgan fingerprint density at radius 3 is 2.69 bits per heavy atom. The van der Waals surface area contributed by atoms with Crippen molar-refractivity contribution in [3.63, 3.8) is 0 Å². The quantitative estimate of drug-likeness (QED) is 0.364. The number of allylic oxidation sites excluding steroid dienone is 1. The van der Waals surface area contributed by atoms with Crippen LogP contribution in [0.1, 0.15) is 31.4 Å². The monoisotopic (exact) mass is 521 g/mol. The zero-order valence-corrected chi connectivity index (χ0v) is 20.3. The maximum Gasteiger partial charge on any atom is 0.335 e. The Morgan fingerprint density at radius 2 is 2.00 bits per heavy atom. The average molecular weight is 522 g/mol. The molecule has 3 rings (SSSR count). The highest BCUT2D eigenvalue weighted by atomic mass is 35.5. The van der Waals surface area contributed by atoms with Crippen molar-refractivity contribution in [2.75, 3.05) is 26.2 Å². The number of urea groups is 1. The molecule has 0 aromatic heterocycles. The van der Waals surface area contributed by atoms with Gasteiger partial charge in [0.1, 0.15) is 11.6 Å². The van der Waals surface area contributed by atoms with Gasteiger partial charge in [-0.25, -0.2) is 18.4 Å². The van der Waals surface area contributed by atoms with E-state index < -0.39 is 29.7 Å². The molecule has 0 fully saturated rings. The van der Waals surface area contributed by atoms with Gasteiger partial charge in [-0.1, -0.05) is 23.7 Å². The van der Waals surface area contributed by atoms with E-state index in [0.29, 0.717) is 29.6 Å². The molecule has 0 aliphatic carbocycles. The molecule has 2 amide bonds. The largest absolute Gasteiger partial charge is 0.490 e. The Morgan fingerprint density at radius 1 is 1.22 bits per heavy atom. The number of Topliss-reactive ketones (excluding diaryl/α,β-unsaturated/α-hetero) is 1. The molecule has 36 heavy (non-hydrogen) atoms. The van der Waals surface area contributed by atoms with E-state index in [0.717, 1.165) is 12.1 Å². The van der Waals surface area contributed by atoms with Gasteiger partial charge in [-0.2, -0.15) is 0 Å². The third kappa shape index (κ3) is 7.02. The number of halogens is 3. The zero-order valence-electron chi connectivity index (χ0n) is 19.5. The van der Waals surface area contributed by atoms with Crippen molar-refractivity contribution >= 4 is 29.4 Å². The van der Waals surface area contributed by atoms with Gasteiger partial charge in [0.2, 0.25) is 0 Å². The second-order valence-corrected chi connectivity index (χ2v) is 8.60. The topological polar surface area (TPSA) is 108 Å². The molecule has 0 spiro atoms. The van der Waals surface area contributed by atoms with Crippen LogP contribution in [-0.4, -0.2) is 54.0 Å². The summed E-state index contributed by atoms with van der Waals surface area (Å²) >= 11 is 6.10. The lowest BCUT2D eigenvalue weighted by Gasteiger charge is -2.37. The predicted molar refractivity (Wildman–Crippen MR) is 129 cm³/mol. The minimum atomic E-state index is -1.14. The SMILES string of the molecule is CC1=C(C(=O)O)C(c2cccc(Cl)c2)N(CCCNCC(=O)CCOc2ccc(F)cc2F)C(=O)N1. The van der Waals surface area contributed by atoms with Gasteiger partial charge in [-0.3, -0.25) is 4.79 Å². The van der Waals surface area contributed by atoms with Crippen molar-refractivity contribution in [2.24, 2.45) is 0 Å². The van der Waals surface area contributed by atoms with E-state index in [-0.39, 0.29) is 48.9 Å². The summed E-state index contributed by atoms with van der Waals surface area (Å²) in [5, 5.41) is 15.8. The highest BCUT2D eigenvalue weighted by Crippen LogP contribution is 2.34. The number of nitrogens with zero attached hydrogens (tertiary/aromatic N) is 1. The smallest absolute Gasteiger partial charge is 0.335 e. The van der Waals surface area contributed by atoms with Crippen molar-refractivity contribution in [1.29, 1.82) is 0 Å². The van der Waals surface area contributed by atoms with Gasteiger partial charge < -0.3 is 25.4 Å². The van der Waals surface area contributed by atoms with Gasteiger partial charge in [-0.05, 0) is 49.7 Å². The van der Waals surface area contributed by atoms with Gasteiger partial charge in [0.05, 0.1) is 24.8 Å². The number of hydrogen-bond donors (Lipinski definition) is 3. The number of amides is 2. The van der Waals surface area contributed by atoms with Gasteiger partial charge in [0.15, 0.2) is 11.6 Å². The van der Waals surface area contributed by atoms with Gasteiger partial charge in [-0.15, -0.1) is 0 Å². The van der Waals surface area contributed by atoms with Crippen molar-refractivity contribution in [3.05, 3.63) is 76.0 Å². The highest BCUT2D eigenvalue weighted by molar-refractivity contribution is 6.30. The molecule has 2 aromatic carbocycles. The fraction of sp³-hybridized carbons (Fsp3) is 0.320. The third-order valence-corrected chi connectivity index (χ3v) is 5.78. The fourth-order valence-electron chi connectivity index (χ4n) is 3.87. The number of nitrogens with one attached hydrogen (secondary N) is 2. The number of hydrogen-bond acceptors (Lipinski definition) is 5. The van der Waals surface area contributed by atoms with Crippen molar-refractivity contribution in [3.8, 4) is 5.75 Å². The van der Waals surface area contributed by atoms with Gasteiger partial charge in [0.25, 0.3) is 0 Å². The molecule has 192 valence electrons. The molecule has 1 atom stereocenters. The zero-order chi connectivity index (χ0) is 26.2. The van der Waals surface area contributed by atoms with Gasteiger partial charge >= 0.3 is 12.0 Å². The highest BCUT2D eigenvalue weighted by Gasteiger charge is 2.37. The van der Waals surface area contributed by atoms with Crippen LogP contribution in [0, 0.1) is 11.6 Å². The molecule has 0 radical (unpaired) electrons. The van der Waals surface area contributed by atoms with Crippen LogP contribution in [0.15, 0.2) is 53.7 Å². The summed E-state index contributed by atoms with van der Waals surface area (Å²) in [4.78, 5) is 38.2. The van der Waals surface area contributed by atoms with Crippen molar-refractivity contribution in [2.45, 2.75) is 25.8 Å². The molecule has 8 nitrogen and oxygen atoms in total. The van der Waals surface area contributed by atoms with Crippen molar-refractivity contribution < 1.29 is 33.0 Å². The first-order valence-electron chi connectivity index (χ1n) is 11.2. The summed E-state index contributed by atoms with van der Waals surface area (Å²) in [5.74, 6) is -3.00. The molecule has 1 aliphatic heterocycles. The third-order valence-electron chi connectivity index (χ3n) is 5.55. The number of ketones is 1. The second-order valence-electron chi connectivity index (χ2n) is 8.17. The molecule has 1 unspecified atom stereocenters. The Kier molecular flexibility index (Phi) is 9.38. The number of carboxylic acids is 1. The lowest BCUT2D eigenvalue weighted by atomic mass is 9.93. The number of aliphatic carboxylic acids is 1. The molecule has 11 heteroatoms. The lowest BCUT2D eigenvalue weighted by Crippen LogP contribution is -2.49. The Bertz CT molecular complexity index is 1170. The Hall–Kier alpha value is -3.50. The van der Waals surface area contributed by atoms with Crippen LogP contribution in [0.3, 0.4) is 0 Å².